The molecule has 0 radical (unpaired) electrons. The van der Waals surface area contributed by atoms with E-state index in [1.807, 2.05) is 7.05 Å². The number of carbonyl (C=O) groups excluding carboxylic acids is 1. The maximum absolute atomic E-state index is 12.6. The van der Waals surface area contributed by atoms with Crippen LogP contribution in [-0.4, -0.2) is 54.5 Å². The molecule has 2 aliphatic rings. The second-order valence-corrected chi connectivity index (χ2v) is 6.08. The predicted octanol–water partition coefficient (Wildman–Crippen LogP) is 1.06. The van der Waals surface area contributed by atoms with Gasteiger partial charge in [0, 0.05) is 25.7 Å². The SMILES string of the molecule is CC1CN(C)C(CN)C(=O)N(C2CCCCC2)C1. The first kappa shape index (κ1) is 13.8. The lowest BCUT2D eigenvalue weighted by Gasteiger charge is -2.36. The summed E-state index contributed by atoms with van der Waals surface area (Å²) in [6.07, 6.45) is 6.23. The summed E-state index contributed by atoms with van der Waals surface area (Å²) in [6.45, 7) is 4.55. The molecule has 0 aromatic heterocycles. The second kappa shape index (κ2) is 6.02. The summed E-state index contributed by atoms with van der Waals surface area (Å²) in [6, 6.07) is 0.353. The maximum atomic E-state index is 12.6. The van der Waals surface area contributed by atoms with Crippen LogP contribution in [0.25, 0.3) is 0 Å². The van der Waals surface area contributed by atoms with Crippen LogP contribution in [-0.2, 0) is 4.79 Å². The van der Waals surface area contributed by atoms with Gasteiger partial charge in [0.1, 0.15) is 6.04 Å². The zero-order chi connectivity index (χ0) is 13.1. The third-order valence-corrected chi connectivity index (χ3v) is 4.45. The van der Waals surface area contributed by atoms with E-state index >= 15 is 0 Å². The van der Waals surface area contributed by atoms with Crippen molar-refractivity contribution in [1.82, 2.24) is 9.80 Å². The van der Waals surface area contributed by atoms with Gasteiger partial charge in [-0.15, -0.1) is 0 Å². The predicted molar refractivity (Wildman–Crippen MR) is 73.2 cm³/mol. The first-order valence-electron chi connectivity index (χ1n) is 7.34. The monoisotopic (exact) mass is 253 g/mol. The minimum absolute atomic E-state index is 0.114. The summed E-state index contributed by atoms with van der Waals surface area (Å²) in [5.74, 6) is 0.800. The second-order valence-electron chi connectivity index (χ2n) is 6.08. The van der Waals surface area contributed by atoms with E-state index in [1.165, 1.54) is 32.1 Å². The Hall–Kier alpha value is -0.610. The molecule has 2 unspecified atom stereocenters. The van der Waals surface area contributed by atoms with Crippen LogP contribution in [0.4, 0.5) is 0 Å². The van der Waals surface area contributed by atoms with E-state index in [1.54, 1.807) is 0 Å². The topological polar surface area (TPSA) is 49.6 Å². The highest BCUT2D eigenvalue weighted by molar-refractivity contribution is 5.82. The minimum atomic E-state index is -0.114. The van der Waals surface area contributed by atoms with Crippen molar-refractivity contribution < 1.29 is 4.79 Å². The number of amides is 1. The van der Waals surface area contributed by atoms with Crippen LogP contribution in [0.1, 0.15) is 39.0 Å². The van der Waals surface area contributed by atoms with Crippen molar-refractivity contribution in [2.45, 2.75) is 51.1 Å². The largest absolute Gasteiger partial charge is 0.338 e. The van der Waals surface area contributed by atoms with Gasteiger partial charge in [-0.3, -0.25) is 9.69 Å². The molecular weight excluding hydrogens is 226 g/mol. The van der Waals surface area contributed by atoms with E-state index in [-0.39, 0.29) is 11.9 Å². The summed E-state index contributed by atoms with van der Waals surface area (Å²) in [5.41, 5.74) is 5.80. The van der Waals surface area contributed by atoms with E-state index in [9.17, 15) is 4.79 Å². The lowest BCUT2D eigenvalue weighted by Crippen LogP contribution is -2.51. The summed E-state index contributed by atoms with van der Waals surface area (Å²) in [7, 11) is 2.02. The fourth-order valence-corrected chi connectivity index (χ4v) is 3.48. The summed E-state index contributed by atoms with van der Waals surface area (Å²) in [4.78, 5) is 16.9. The highest BCUT2D eigenvalue weighted by Gasteiger charge is 2.35. The molecule has 1 aliphatic carbocycles. The van der Waals surface area contributed by atoms with Gasteiger partial charge in [0.25, 0.3) is 0 Å². The van der Waals surface area contributed by atoms with Gasteiger partial charge in [0.05, 0.1) is 0 Å². The zero-order valence-corrected chi connectivity index (χ0v) is 11.8. The Morgan fingerprint density at radius 3 is 2.50 bits per heavy atom. The lowest BCUT2D eigenvalue weighted by molar-refractivity contribution is -0.137. The number of rotatable bonds is 2. The normalized spacial score (nSPS) is 32.6. The summed E-state index contributed by atoms with van der Waals surface area (Å²) in [5, 5.41) is 0. The van der Waals surface area contributed by atoms with Crippen molar-refractivity contribution in [1.29, 1.82) is 0 Å². The number of hydrogen-bond donors (Lipinski definition) is 1. The van der Waals surface area contributed by atoms with Gasteiger partial charge in [-0.2, -0.15) is 0 Å². The van der Waals surface area contributed by atoms with E-state index < -0.39 is 0 Å². The van der Waals surface area contributed by atoms with Crippen LogP contribution in [0, 0.1) is 5.92 Å². The van der Waals surface area contributed by atoms with Gasteiger partial charge in [0.15, 0.2) is 0 Å². The molecule has 18 heavy (non-hydrogen) atoms. The Kier molecular flexibility index (Phi) is 4.62. The molecule has 0 aromatic carbocycles. The van der Waals surface area contributed by atoms with Crippen molar-refractivity contribution in [3.8, 4) is 0 Å². The Labute approximate surface area is 110 Å². The summed E-state index contributed by atoms with van der Waals surface area (Å²) >= 11 is 0. The Morgan fingerprint density at radius 1 is 1.22 bits per heavy atom. The van der Waals surface area contributed by atoms with Gasteiger partial charge in [-0.05, 0) is 25.8 Å². The highest BCUT2D eigenvalue weighted by Crippen LogP contribution is 2.26. The third kappa shape index (κ3) is 2.86. The molecule has 1 saturated carbocycles. The van der Waals surface area contributed by atoms with Crippen molar-refractivity contribution in [2.24, 2.45) is 11.7 Å². The minimum Gasteiger partial charge on any atom is -0.338 e. The van der Waals surface area contributed by atoms with Gasteiger partial charge >= 0.3 is 0 Å². The Balaban J connectivity index is 2.13. The molecule has 2 N–H and O–H groups in total. The quantitative estimate of drug-likeness (QED) is 0.800. The van der Waals surface area contributed by atoms with Gasteiger partial charge in [-0.25, -0.2) is 0 Å². The van der Waals surface area contributed by atoms with Gasteiger partial charge in [-0.1, -0.05) is 26.2 Å². The van der Waals surface area contributed by atoms with Crippen molar-refractivity contribution in [3.63, 3.8) is 0 Å². The molecule has 104 valence electrons. The van der Waals surface area contributed by atoms with Crippen molar-refractivity contribution in [3.05, 3.63) is 0 Å². The van der Waals surface area contributed by atoms with Crippen LogP contribution in [0.3, 0.4) is 0 Å². The van der Waals surface area contributed by atoms with Crippen LogP contribution in [0.15, 0.2) is 0 Å². The highest BCUT2D eigenvalue weighted by atomic mass is 16.2. The van der Waals surface area contributed by atoms with E-state index in [0.717, 1.165) is 13.1 Å². The molecule has 0 bridgehead atoms. The molecule has 4 heteroatoms. The molecule has 0 aromatic rings. The Bertz CT molecular complexity index is 289. The van der Waals surface area contributed by atoms with Gasteiger partial charge < -0.3 is 10.6 Å². The van der Waals surface area contributed by atoms with E-state index in [2.05, 4.69) is 16.7 Å². The maximum Gasteiger partial charge on any atom is 0.241 e. The number of hydrogen-bond acceptors (Lipinski definition) is 3. The van der Waals surface area contributed by atoms with Crippen LogP contribution in [0.5, 0.6) is 0 Å². The van der Waals surface area contributed by atoms with Crippen molar-refractivity contribution in [2.75, 3.05) is 26.7 Å². The first-order valence-corrected chi connectivity index (χ1v) is 7.34. The van der Waals surface area contributed by atoms with Crippen LogP contribution < -0.4 is 5.73 Å². The lowest BCUT2D eigenvalue weighted by atomic mass is 9.93. The number of likely N-dealkylation sites (N-methyl/N-ethyl adjacent to an activating group) is 1. The molecular formula is C14H27N3O. The zero-order valence-electron chi connectivity index (χ0n) is 11.8. The molecule has 1 heterocycles. The summed E-state index contributed by atoms with van der Waals surface area (Å²) < 4.78 is 0. The fourth-order valence-electron chi connectivity index (χ4n) is 3.48. The molecule has 2 atom stereocenters. The first-order chi connectivity index (χ1) is 8.63. The van der Waals surface area contributed by atoms with E-state index in [4.69, 9.17) is 5.73 Å². The Morgan fingerprint density at radius 2 is 1.89 bits per heavy atom. The van der Waals surface area contributed by atoms with Crippen molar-refractivity contribution >= 4 is 5.91 Å². The van der Waals surface area contributed by atoms with E-state index in [0.29, 0.717) is 18.5 Å². The molecule has 1 aliphatic heterocycles. The number of carbonyl (C=O) groups is 1. The molecule has 1 amide bonds. The van der Waals surface area contributed by atoms with Crippen LogP contribution in [0.2, 0.25) is 0 Å². The fraction of sp³-hybridized carbons (Fsp3) is 0.929. The average Bonchev–Trinajstić information content (AvgIpc) is 2.47. The average molecular weight is 253 g/mol. The van der Waals surface area contributed by atoms with Gasteiger partial charge in [0.2, 0.25) is 5.91 Å². The smallest absolute Gasteiger partial charge is 0.241 e. The molecule has 1 saturated heterocycles. The molecule has 0 spiro atoms. The standard InChI is InChI=1S/C14H27N3O/c1-11-9-16(2)13(8-15)14(18)17(10-11)12-6-4-3-5-7-12/h11-13H,3-10,15H2,1-2H3. The third-order valence-electron chi connectivity index (χ3n) is 4.45. The number of nitrogens with two attached hydrogens (primary N) is 1. The molecule has 2 fully saturated rings. The van der Waals surface area contributed by atoms with Crippen LogP contribution >= 0.6 is 0 Å². The molecule has 2 rings (SSSR count). The number of nitrogens with zero attached hydrogens (tertiary/aromatic N) is 2. The molecule has 4 nitrogen and oxygen atoms in total.